The molecule has 7 nitrogen and oxygen atoms in total. The van der Waals surface area contributed by atoms with Gasteiger partial charge in [0.15, 0.2) is 5.11 Å². The fraction of sp³-hybridized carbons (Fsp3) is 0.348. The van der Waals surface area contributed by atoms with Crippen molar-refractivity contribution in [2.45, 2.75) is 26.7 Å². The van der Waals surface area contributed by atoms with Crippen molar-refractivity contribution in [1.29, 1.82) is 0 Å². The highest BCUT2D eigenvalue weighted by Crippen LogP contribution is 2.31. The molecular weight excluding hydrogens is 414 g/mol. The average molecular weight is 442 g/mol. The van der Waals surface area contributed by atoms with Crippen LogP contribution in [0.5, 0.6) is 5.75 Å². The molecule has 0 radical (unpaired) electrons. The van der Waals surface area contributed by atoms with E-state index in [0.29, 0.717) is 36.8 Å². The first-order chi connectivity index (χ1) is 15.0. The molecule has 3 N–H and O–H groups in total. The van der Waals surface area contributed by atoms with Crippen molar-refractivity contribution in [3.05, 3.63) is 53.6 Å². The average Bonchev–Trinajstić information content (AvgIpc) is 3.59. The number of benzene rings is 2. The number of carbonyl (C=O) groups excluding carboxylic acids is 2. The standard InChI is InChI=1S/C23H27N3O4S/c1-3-29-12-13-30-19-10-7-17(8-11-19)22(28)26-23(31)24-18-9-4-15(2)20(14-18)25-21(27)16-5-6-16/h4,7-11,14,16H,3,5-6,12-13H2,1-2H3,(H,25,27)(H2,24,26,28,31). The molecule has 2 aromatic rings. The second-order valence-corrected chi connectivity index (χ2v) is 7.68. The van der Waals surface area contributed by atoms with Crippen LogP contribution in [0.2, 0.25) is 0 Å². The molecule has 0 aromatic heterocycles. The first-order valence-electron chi connectivity index (χ1n) is 10.3. The third-order valence-corrected chi connectivity index (χ3v) is 4.95. The van der Waals surface area contributed by atoms with Crippen LogP contribution in [-0.4, -0.2) is 36.7 Å². The lowest BCUT2D eigenvalue weighted by atomic mass is 10.1. The zero-order valence-corrected chi connectivity index (χ0v) is 18.5. The molecular formula is C23H27N3O4S. The van der Waals surface area contributed by atoms with Crippen molar-refractivity contribution in [2.24, 2.45) is 5.92 Å². The van der Waals surface area contributed by atoms with Gasteiger partial charge in [-0.1, -0.05) is 6.07 Å². The van der Waals surface area contributed by atoms with Crippen LogP contribution in [0.1, 0.15) is 35.7 Å². The number of nitrogens with one attached hydrogen (secondary N) is 3. The normalized spacial score (nSPS) is 12.7. The third-order valence-electron chi connectivity index (χ3n) is 4.75. The van der Waals surface area contributed by atoms with Crippen molar-refractivity contribution in [3.8, 4) is 5.75 Å². The van der Waals surface area contributed by atoms with Crippen LogP contribution in [0.3, 0.4) is 0 Å². The minimum absolute atomic E-state index is 0.0430. The van der Waals surface area contributed by atoms with Crippen molar-refractivity contribution in [3.63, 3.8) is 0 Å². The minimum Gasteiger partial charge on any atom is -0.491 e. The lowest BCUT2D eigenvalue weighted by Crippen LogP contribution is -2.34. The molecule has 8 heteroatoms. The smallest absolute Gasteiger partial charge is 0.257 e. The summed E-state index contributed by atoms with van der Waals surface area (Å²) in [5, 5.41) is 8.77. The zero-order valence-electron chi connectivity index (χ0n) is 17.7. The molecule has 0 heterocycles. The number of carbonyl (C=O) groups is 2. The predicted octanol–water partition coefficient (Wildman–Crippen LogP) is 3.89. The third kappa shape index (κ3) is 7.04. The summed E-state index contributed by atoms with van der Waals surface area (Å²) in [5.74, 6) is 0.504. The van der Waals surface area contributed by atoms with E-state index in [2.05, 4.69) is 16.0 Å². The largest absolute Gasteiger partial charge is 0.491 e. The highest BCUT2D eigenvalue weighted by atomic mass is 32.1. The highest BCUT2D eigenvalue weighted by molar-refractivity contribution is 7.80. The Labute approximate surface area is 187 Å². The van der Waals surface area contributed by atoms with Gasteiger partial charge in [-0.2, -0.15) is 0 Å². The SMILES string of the molecule is CCOCCOc1ccc(C(=O)NC(=S)Nc2ccc(C)c(NC(=O)C3CC3)c2)cc1. The molecule has 0 aliphatic heterocycles. The van der Waals surface area contributed by atoms with E-state index in [9.17, 15) is 9.59 Å². The first-order valence-corrected chi connectivity index (χ1v) is 10.7. The zero-order chi connectivity index (χ0) is 22.2. The van der Waals surface area contributed by atoms with Gasteiger partial charge in [0, 0.05) is 29.5 Å². The van der Waals surface area contributed by atoms with Gasteiger partial charge in [0.1, 0.15) is 12.4 Å². The van der Waals surface area contributed by atoms with Crippen LogP contribution in [0, 0.1) is 12.8 Å². The number of thiocarbonyl (C=S) groups is 1. The molecule has 31 heavy (non-hydrogen) atoms. The number of anilines is 2. The summed E-state index contributed by atoms with van der Waals surface area (Å²) in [6.07, 6.45) is 1.89. The van der Waals surface area contributed by atoms with Crippen LogP contribution in [-0.2, 0) is 9.53 Å². The summed E-state index contributed by atoms with van der Waals surface area (Å²) >= 11 is 5.27. The lowest BCUT2D eigenvalue weighted by molar-refractivity contribution is -0.117. The van der Waals surface area contributed by atoms with Crippen molar-refractivity contribution in [2.75, 3.05) is 30.5 Å². The summed E-state index contributed by atoms with van der Waals surface area (Å²) in [5.41, 5.74) is 2.83. The van der Waals surface area contributed by atoms with Crippen LogP contribution in [0.25, 0.3) is 0 Å². The van der Waals surface area contributed by atoms with E-state index in [4.69, 9.17) is 21.7 Å². The number of rotatable bonds is 9. The Morgan fingerprint density at radius 3 is 2.48 bits per heavy atom. The lowest BCUT2D eigenvalue weighted by Gasteiger charge is -2.13. The van der Waals surface area contributed by atoms with Gasteiger partial charge in [-0.25, -0.2) is 0 Å². The molecule has 0 spiro atoms. The monoisotopic (exact) mass is 441 g/mol. The Balaban J connectivity index is 1.51. The maximum atomic E-state index is 12.4. The molecule has 164 valence electrons. The first kappa shape index (κ1) is 22.7. The molecule has 1 fully saturated rings. The van der Waals surface area contributed by atoms with Crippen LogP contribution in [0.15, 0.2) is 42.5 Å². The molecule has 0 bridgehead atoms. The van der Waals surface area contributed by atoms with Crippen LogP contribution < -0.4 is 20.7 Å². The number of ether oxygens (including phenoxy) is 2. The van der Waals surface area contributed by atoms with Crippen LogP contribution in [0.4, 0.5) is 11.4 Å². The molecule has 0 unspecified atom stereocenters. The quantitative estimate of drug-likeness (QED) is 0.404. The molecule has 3 rings (SSSR count). The van der Waals surface area contributed by atoms with Gasteiger partial charge in [-0.05, 0) is 80.9 Å². The van der Waals surface area contributed by atoms with Gasteiger partial charge in [0.25, 0.3) is 5.91 Å². The van der Waals surface area contributed by atoms with Crippen molar-refractivity contribution in [1.82, 2.24) is 5.32 Å². The minimum atomic E-state index is -0.326. The summed E-state index contributed by atoms with van der Waals surface area (Å²) in [6.45, 7) is 5.47. The van der Waals surface area contributed by atoms with Gasteiger partial charge in [0.05, 0.1) is 6.61 Å². The molecule has 0 saturated heterocycles. The fourth-order valence-electron chi connectivity index (χ4n) is 2.82. The van der Waals surface area contributed by atoms with Crippen LogP contribution >= 0.6 is 12.2 Å². The van der Waals surface area contributed by atoms with Crippen molar-refractivity contribution < 1.29 is 19.1 Å². The molecule has 0 atom stereocenters. The Kier molecular flexibility index (Phi) is 7.97. The number of hydrogen-bond acceptors (Lipinski definition) is 5. The predicted molar refractivity (Wildman–Crippen MR) is 125 cm³/mol. The van der Waals surface area contributed by atoms with Crippen molar-refractivity contribution >= 4 is 40.5 Å². The van der Waals surface area contributed by atoms with E-state index in [1.54, 1.807) is 24.3 Å². The number of hydrogen-bond donors (Lipinski definition) is 3. The summed E-state index contributed by atoms with van der Waals surface area (Å²) in [6, 6.07) is 12.3. The summed E-state index contributed by atoms with van der Waals surface area (Å²) in [4.78, 5) is 24.5. The Bertz CT molecular complexity index is 942. The Morgan fingerprint density at radius 2 is 1.81 bits per heavy atom. The van der Waals surface area contributed by atoms with E-state index in [1.165, 1.54) is 0 Å². The van der Waals surface area contributed by atoms with E-state index >= 15 is 0 Å². The number of aryl methyl sites for hydroxylation is 1. The topological polar surface area (TPSA) is 88.7 Å². The number of amides is 2. The van der Waals surface area contributed by atoms with E-state index in [0.717, 1.165) is 24.1 Å². The van der Waals surface area contributed by atoms with Gasteiger partial charge >= 0.3 is 0 Å². The Morgan fingerprint density at radius 1 is 1.06 bits per heavy atom. The highest BCUT2D eigenvalue weighted by Gasteiger charge is 2.29. The molecule has 1 aliphatic rings. The van der Waals surface area contributed by atoms with Gasteiger partial charge in [0.2, 0.25) is 5.91 Å². The maximum absolute atomic E-state index is 12.4. The van der Waals surface area contributed by atoms with Gasteiger partial charge in [-0.3, -0.25) is 14.9 Å². The van der Waals surface area contributed by atoms with E-state index < -0.39 is 0 Å². The summed E-state index contributed by atoms with van der Waals surface area (Å²) < 4.78 is 10.8. The summed E-state index contributed by atoms with van der Waals surface area (Å²) in [7, 11) is 0. The maximum Gasteiger partial charge on any atom is 0.257 e. The second kappa shape index (κ2) is 10.9. The second-order valence-electron chi connectivity index (χ2n) is 7.27. The molecule has 1 aliphatic carbocycles. The fourth-order valence-corrected chi connectivity index (χ4v) is 3.03. The van der Waals surface area contributed by atoms with E-state index in [-0.39, 0.29) is 22.8 Å². The molecule has 2 aromatic carbocycles. The van der Waals surface area contributed by atoms with Gasteiger partial charge < -0.3 is 20.1 Å². The molecule has 2 amide bonds. The van der Waals surface area contributed by atoms with Gasteiger partial charge in [-0.15, -0.1) is 0 Å². The van der Waals surface area contributed by atoms with E-state index in [1.807, 2.05) is 32.0 Å². The molecule has 1 saturated carbocycles. The Hall–Kier alpha value is -2.97.